The quantitative estimate of drug-likeness (QED) is 0.715. The summed E-state index contributed by atoms with van der Waals surface area (Å²) in [5.41, 5.74) is 0. The van der Waals surface area contributed by atoms with Crippen LogP contribution in [0.5, 0.6) is 0 Å². The molecule has 0 aliphatic carbocycles. The molecule has 2 N–H and O–H groups in total. The number of hydrogen-bond donors (Lipinski definition) is 2. The summed E-state index contributed by atoms with van der Waals surface area (Å²) in [5.74, 6) is -0.750. The average Bonchev–Trinajstić information content (AvgIpc) is 2.64. The molecule has 0 aromatic rings. The second-order valence-corrected chi connectivity index (χ2v) is 5.12. The van der Waals surface area contributed by atoms with E-state index in [4.69, 9.17) is 5.11 Å². The molecule has 2 fully saturated rings. The highest BCUT2D eigenvalue weighted by atomic mass is 16.4. The van der Waals surface area contributed by atoms with Crippen LogP contribution < -0.4 is 5.32 Å². The van der Waals surface area contributed by atoms with Crippen molar-refractivity contribution in [1.82, 2.24) is 15.1 Å². The zero-order valence-electron chi connectivity index (χ0n) is 10.6. The van der Waals surface area contributed by atoms with Gasteiger partial charge in [0.05, 0.1) is 0 Å². The third kappa shape index (κ3) is 3.18. The summed E-state index contributed by atoms with van der Waals surface area (Å²) in [4.78, 5) is 15.9. The third-order valence-electron chi connectivity index (χ3n) is 3.98. The molecule has 2 rings (SSSR count). The number of hydrogen-bond acceptors (Lipinski definition) is 4. The summed E-state index contributed by atoms with van der Waals surface area (Å²) in [5, 5.41) is 11.9. The highest BCUT2D eigenvalue weighted by Crippen LogP contribution is 2.21. The summed E-state index contributed by atoms with van der Waals surface area (Å²) < 4.78 is 0. The van der Waals surface area contributed by atoms with E-state index in [2.05, 4.69) is 15.1 Å². The average molecular weight is 241 g/mol. The lowest BCUT2D eigenvalue weighted by Gasteiger charge is -2.27. The van der Waals surface area contributed by atoms with E-state index in [9.17, 15) is 4.79 Å². The molecule has 0 saturated carbocycles. The predicted molar refractivity (Wildman–Crippen MR) is 66.1 cm³/mol. The van der Waals surface area contributed by atoms with E-state index in [1.54, 1.807) is 7.05 Å². The van der Waals surface area contributed by atoms with Crippen molar-refractivity contribution >= 4 is 5.97 Å². The van der Waals surface area contributed by atoms with Gasteiger partial charge in [-0.05, 0) is 45.9 Å². The standard InChI is InChI=1S/C12H23N3O2/c1-13-11(12(16)17)9-14-5-3-7-15-6-2-4-10(15)8-14/h10-11,13H,2-9H2,1H3,(H,16,17). The molecule has 2 atom stereocenters. The number of nitrogens with one attached hydrogen (secondary N) is 1. The maximum atomic E-state index is 11.0. The Hall–Kier alpha value is -0.650. The van der Waals surface area contributed by atoms with Crippen molar-refractivity contribution in [3.8, 4) is 0 Å². The number of fused-ring (bicyclic) bond motifs is 1. The lowest BCUT2D eigenvalue weighted by molar-refractivity contribution is -0.139. The van der Waals surface area contributed by atoms with Crippen molar-refractivity contribution < 1.29 is 9.90 Å². The Morgan fingerprint density at radius 1 is 1.41 bits per heavy atom. The van der Waals surface area contributed by atoms with Crippen molar-refractivity contribution in [1.29, 1.82) is 0 Å². The minimum Gasteiger partial charge on any atom is -0.480 e. The molecule has 0 spiro atoms. The van der Waals surface area contributed by atoms with Gasteiger partial charge in [-0.3, -0.25) is 14.6 Å². The number of nitrogens with zero attached hydrogens (tertiary/aromatic N) is 2. The molecule has 0 amide bonds. The molecule has 5 heteroatoms. The van der Waals surface area contributed by atoms with Crippen LogP contribution in [0.25, 0.3) is 0 Å². The fraction of sp³-hybridized carbons (Fsp3) is 0.917. The number of rotatable bonds is 4. The molecule has 2 heterocycles. The molecule has 2 aliphatic rings. The van der Waals surface area contributed by atoms with Crippen molar-refractivity contribution in [2.75, 3.05) is 39.8 Å². The first kappa shape index (κ1) is 12.8. The number of carboxylic acids is 1. The first-order valence-electron chi connectivity index (χ1n) is 6.57. The van der Waals surface area contributed by atoms with E-state index < -0.39 is 12.0 Å². The zero-order valence-corrected chi connectivity index (χ0v) is 10.6. The largest absolute Gasteiger partial charge is 0.480 e. The van der Waals surface area contributed by atoms with Crippen molar-refractivity contribution in [2.24, 2.45) is 0 Å². The Morgan fingerprint density at radius 3 is 2.88 bits per heavy atom. The van der Waals surface area contributed by atoms with Crippen molar-refractivity contribution in [3.63, 3.8) is 0 Å². The van der Waals surface area contributed by atoms with Crippen molar-refractivity contribution in [3.05, 3.63) is 0 Å². The molecule has 2 aliphatic heterocycles. The van der Waals surface area contributed by atoms with E-state index in [0.717, 1.165) is 19.5 Å². The van der Waals surface area contributed by atoms with Gasteiger partial charge in [-0.2, -0.15) is 0 Å². The van der Waals surface area contributed by atoms with Gasteiger partial charge in [-0.15, -0.1) is 0 Å². The lowest BCUT2D eigenvalue weighted by atomic mass is 10.2. The summed E-state index contributed by atoms with van der Waals surface area (Å²) in [6, 6.07) is 0.215. The second kappa shape index (κ2) is 5.80. The van der Waals surface area contributed by atoms with Gasteiger partial charge in [0.15, 0.2) is 0 Å². The molecular weight excluding hydrogens is 218 g/mol. The first-order valence-corrected chi connectivity index (χ1v) is 6.57. The van der Waals surface area contributed by atoms with Crippen LogP contribution in [-0.2, 0) is 4.79 Å². The van der Waals surface area contributed by atoms with Crippen LogP contribution in [0.3, 0.4) is 0 Å². The molecule has 0 aromatic carbocycles. The van der Waals surface area contributed by atoms with Crippen LogP contribution in [0, 0.1) is 0 Å². The van der Waals surface area contributed by atoms with E-state index in [0.29, 0.717) is 12.6 Å². The predicted octanol–water partition coefficient (Wildman–Crippen LogP) is -0.171. The molecular formula is C12H23N3O2. The SMILES string of the molecule is CNC(CN1CCCN2CCCC2C1)C(=O)O. The highest BCUT2D eigenvalue weighted by molar-refractivity contribution is 5.73. The van der Waals surface area contributed by atoms with Crippen LogP contribution in [-0.4, -0.2) is 72.7 Å². The van der Waals surface area contributed by atoms with Gasteiger partial charge in [0, 0.05) is 19.1 Å². The molecule has 5 nitrogen and oxygen atoms in total. The number of carbonyl (C=O) groups is 1. The van der Waals surface area contributed by atoms with E-state index in [1.807, 2.05) is 0 Å². The fourth-order valence-corrected chi connectivity index (χ4v) is 3.00. The number of carboxylic acid groups (broad SMARTS) is 1. The normalized spacial score (nSPS) is 28.6. The molecule has 17 heavy (non-hydrogen) atoms. The molecule has 0 radical (unpaired) electrons. The maximum Gasteiger partial charge on any atom is 0.322 e. The van der Waals surface area contributed by atoms with Crippen LogP contribution in [0.15, 0.2) is 0 Å². The van der Waals surface area contributed by atoms with E-state index in [-0.39, 0.29) is 0 Å². The summed E-state index contributed by atoms with van der Waals surface area (Å²) in [6.07, 6.45) is 3.73. The van der Waals surface area contributed by atoms with Gasteiger partial charge < -0.3 is 10.4 Å². The minimum absolute atomic E-state index is 0.442. The van der Waals surface area contributed by atoms with Gasteiger partial charge in [-0.1, -0.05) is 0 Å². The van der Waals surface area contributed by atoms with Crippen LogP contribution in [0.1, 0.15) is 19.3 Å². The van der Waals surface area contributed by atoms with Crippen LogP contribution in [0.2, 0.25) is 0 Å². The lowest BCUT2D eigenvalue weighted by Crippen LogP contribution is -2.47. The van der Waals surface area contributed by atoms with Gasteiger partial charge >= 0.3 is 5.97 Å². The smallest absolute Gasteiger partial charge is 0.322 e. The summed E-state index contributed by atoms with van der Waals surface area (Å²) in [6.45, 7) is 5.09. The Balaban J connectivity index is 1.89. The minimum atomic E-state index is -0.750. The zero-order chi connectivity index (χ0) is 12.3. The van der Waals surface area contributed by atoms with E-state index >= 15 is 0 Å². The van der Waals surface area contributed by atoms with Crippen LogP contribution >= 0.6 is 0 Å². The van der Waals surface area contributed by atoms with Gasteiger partial charge in [-0.25, -0.2) is 0 Å². The highest BCUT2D eigenvalue weighted by Gasteiger charge is 2.30. The first-order chi connectivity index (χ1) is 8.20. The molecule has 0 bridgehead atoms. The summed E-state index contributed by atoms with van der Waals surface area (Å²) >= 11 is 0. The Morgan fingerprint density at radius 2 is 2.18 bits per heavy atom. The molecule has 98 valence electrons. The van der Waals surface area contributed by atoms with E-state index in [1.165, 1.54) is 25.9 Å². The Kier molecular flexibility index (Phi) is 4.36. The van der Waals surface area contributed by atoms with Crippen molar-refractivity contribution in [2.45, 2.75) is 31.3 Å². The topological polar surface area (TPSA) is 55.8 Å². The Bertz CT molecular complexity index is 272. The van der Waals surface area contributed by atoms with Crippen LogP contribution in [0.4, 0.5) is 0 Å². The van der Waals surface area contributed by atoms with Gasteiger partial charge in [0.2, 0.25) is 0 Å². The van der Waals surface area contributed by atoms with Gasteiger partial charge in [0.25, 0.3) is 0 Å². The molecule has 2 unspecified atom stereocenters. The number of likely N-dealkylation sites (N-methyl/N-ethyl adjacent to an activating group) is 1. The monoisotopic (exact) mass is 241 g/mol. The second-order valence-electron chi connectivity index (χ2n) is 5.12. The fourth-order valence-electron chi connectivity index (χ4n) is 3.00. The van der Waals surface area contributed by atoms with Gasteiger partial charge in [0.1, 0.15) is 6.04 Å². The molecule has 2 saturated heterocycles. The molecule has 0 aromatic heterocycles. The number of aliphatic carboxylic acids is 1. The summed E-state index contributed by atoms with van der Waals surface area (Å²) in [7, 11) is 1.72. The maximum absolute atomic E-state index is 11.0. The Labute approximate surface area is 103 Å². The third-order valence-corrected chi connectivity index (χ3v) is 3.98.